The third kappa shape index (κ3) is 1.32. The van der Waals surface area contributed by atoms with E-state index >= 15 is 0 Å². The predicted octanol–water partition coefficient (Wildman–Crippen LogP) is 2.64. The van der Waals surface area contributed by atoms with Gasteiger partial charge in [-0.1, -0.05) is 15.9 Å². The highest BCUT2D eigenvalue weighted by Crippen LogP contribution is 2.26. The number of fused-ring (bicyclic) bond motifs is 1. The molecule has 14 heavy (non-hydrogen) atoms. The van der Waals surface area contributed by atoms with Crippen LogP contribution in [0.25, 0.3) is 10.9 Å². The van der Waals surface area contributed by atoms with Gasteiger partial charge in [0.25, 0.3) is 0 Å². The maximum atomic E-state index is 10.8. The molecule has 3 nitrogen and oxygen atoms in total. The lowest BCUT2D eigenvalue weighted by atomic mass is 10.2. The molecule has 0 spiro atoms. The molecular weight excluding hydrogens is 246 g/mol. The molecule has 0 bridgehead atoms. The lowest BCUT2D eigenvalue weighted by Gasteiger charge is -2.00. The van der Waals surface area contributed by atoms with Crippen LogP contribution in [-0.4, -0.2) is 15.6 Å². The largest absolute Gasteiger partial charge is 0.478 e. The van der Waals surface area contributed by atoms with Crippen molar-refractivity contribution in [1.82, 2.24) is 4.57 Å². The third-order valence-corrected chi connectivity index (χ3v) is 2.86. The molecule has 0 atom stereocenters. The zero-order chi connectivity index (χ0) is 10.3. The molecule has 0 fully saturated rings. The van der Waals surface area contributed by atoms with Crippen LogP contribution in [0.2, 0.25) is 0 Å². The second-order valence-corrected chi connectivity index (χ2v) is 3.98. The molecule has 0 aliphatic heterocycles. The van der Waals surface area contributed by atoms with E-state index < -0.39 is 5.97 Å². The van der Waals surface area contributed by atoms with Crippen molar-refractivity contribution in [2.75, 3.05) is 0 Å². The lowest BCUT2D eigenvalue weighted by Crippen LogP contribution is -1.97. The van der Waals surface area contributed by atoms with Crippen LogP contribution in [-0.2, 0) is 7.05 Å². The molecule has 0 aliphatic carbocycles. The van der Waals surface area contributed by atoms with Gasteiger partial charge in [0, 0.05) is 28.6 Å². The Hall–Kier alpha value is -1.29. The van der Waals surface area contributed by atoms with Gasteiger partial charge in [-0.2, -0.15) is 0 Å². The zero-order valence-electron chi connectivity index (χ0n) is 7.49. The highest BCUT2D eigenvalue weighted by molar-refractivity contribution is 9.10. The average Bonchev–Trinajstić information content (AvgIpc) is 2.48. The normalized spacial score (nSPS) is 10.7. The Morgan fingerprint density at radius 2 is 2.21 bits per heavy atom. The van der Waals surface area contributed by atoms with E-state index in [0.29, 0.717) is 5.56 Å². The highest BCUT2D eigenvalue weighted by atomic mass is 79.9. The first-order valence-corrected chi connectivity index (χ1v) is 4.87. The zero-order valence-corrected chi connectivity index (χ0v) is 9.08. The summed E-state index contributed by atoms with van der Waals surface area (Å²) in [6.45, 7) is 0. The summed E-state index contributed by atoms with van der Waals surface area (Å²) >= 11 is 3.35. The number of aromatic carboxylic acids is 1. The number of carboxylic acids is 1. The van der Waals surface area contributed by atoms with E-state index in [9.17, 15) is 4.79 Å². The van der Waals surface area contributed by atoms with Crippen LogP contribution in [0.15, 0.2) is 28.9 Å². The first kappa shape index (κ1) is 9.27. The molecule has 0 radical (unpaired) electrons. The van der Waals surface area contributed by atoms with E-state index in [0.717, 1.165) is 15.4 Å². The van der Waals surface area contributed by atoms with Crippen LogP contribution in [0.1, 0.15) is 10.4 Å². The molecule has 0 amide bonds. The summed E-state index contributed by atoms with van der Waals surface area (Å²) in [4.78, 5) is 10.8. The van der Waals surface area contributed by atoms with Crippen LogP contribution in [0.3, 0.4) is 0 Å². The van der Waals surface area contributed by atoms with Gasteiger partial charge in [-0.15, -0.1) is 0 Å². The fourth-order valence-electron chi connectivity index (χ4n) is 1.45. The van der Waals surface area contributed by atoms with E-state index in [-0.39, 0.29) is 0 Å². The highest BCUT2D eigenvalue weighted by Gasteiger charge is 2.09. The topological polar surface area (TPSA) is 42.2 Å². The maximum Gasteiger partial charge on any atom is 0.335 e. The van der Waals surface area contributed by atoms with Crippen molar-refractivity contribution in [3.63, 3.8) is 0 Å². The maximum absolute atomic E-state index is 10.8. The molecule has 1 aromatic heterocycles. The SMILES string of the molecule is Cn1ccc2c(Br)cc(C(=O)O)cc21. The van der Waals surface area contributed by atoms with Gasteiger partial charge in [0.05, 0.1) is 5.56 Å². The quantitative estimate of drug-likeness (QED) is 0.849. The minimum atomic E-state index is -0.909. The van der Waals surface area contributed by atoms with Crippen molar-refractivity contribution >= 4 is 32.8 Å². The van der Waals surface area contributed by atoms with Crippen molar-refractivity contribution in [2.24, 2.45) is 7.05 Å². The third-order valence-electron chi connectivity index (χ3n) is 2.20. The number of halogens is 1. The standard InChI is InChI=1S/C10H8BrNO2/c1-12-3-2-7-8(11)4-6(10(13)14)5-9(7)12/h2-5H,1H3,(H,13,14). The number of rotatable bonds is 1. The summed E-state index contributed by atoms with van der Waals surface area (Å²) < 4.78 is 2.71. The number of hydrogen-bond acceptors (Lipinski definition) is 1. The Kier molecular flexibility index (Phi) is 2.07. The van der Waals surface area contributed by atoms with Crippen molar-refractivity contribution in [1.29, 1.82) is 0 Å². The van der Waals surface area contributed by atoms with Gasteiger partial charge in [0.2, 0.25) is 0 Å². The second-order valence-electron chi connectivity index (χ2n) is 3.12. The summed E-state index contributed by atoms with van der Waals surface area (Å²) in [6, 6.07) is 5.23. The molecule has 2 rings (SSSR count). The lowest BCUT2D eigenvalue weighted by molar-refractivity contribution is 0.0697. The van der Waals surface area contributed by atoms with Crippen molar-refractivity contribution in [3.8, 4) is 0 Å². The van der Waals surface area contributed by atoms with E-state index in [4.69, 9.17) is 5.11 Å². The van der Waals surface area contributed by atoms with Crippen LogP contribution in [0.5, 0.6) is 0 Å². The van der Waals surface area contributed by atoms with Gasteiger partial charge >= 0.3 is 5.97 Å². The van der Waals surface area contributed by atoms with Crippen molar-refractivity contribution in [3.05, 3.63) is 34.4 Å². The van der Waals surface area contributed by atoms with Crippen molar-refractivity contribution < 1.29 is 9.90 Å². The molecule has 72 valence electrons. The summed E-state index contributed by atoms with van der Waals surface area (Å²) in [5, 5.41) is 9.89. The number of benzene rings is 1. The Balaban J connectivity index is 2.82. The smallest absolute Gasteiger partial charge is 0.335 e. The van der Waals surface area contributed by atoms with Gasteiger partial charge < -0.3 is 9.67 Å². The molecule has 2 aromatic rings. The molecule has 0 unspecified atom stereocenters. The number of carboxylic acid groups (broad SMARTS) is 1. The molecule has 1 heterocycles. The number of aromatic nitrogens is 1. The Labute approximate surface area is 89.1 Å². The average molecular weight is 254 g/mol. The Morgan fingerprint density at radius 1 is 1.50 bits per heavy atom. The molecule has 4 heteroatoms. The monoisotopic (exact) mass is 253 g/mol. The van der Waals surface area contributed by atoms with E-state index in [1.165, 1.54) is 0 Å². The minimum Gasteiger partial charge on any atom is -0.478 e. The first-order valence-electron chi connectivity index (χ1n) is 4.07. The van der Waals surface area contributed by atoms with Crippen LogP contribution >= 0.6 is 15.9 Å². The van der Waals surface area contributed by atoms with Gasteiger partial charge in [0.15, 0.2) is 0 Å². The first-order chi connectivity index (χ1) is 6.59. The Bertz CT molecular complexity index is 516. The van der Waals surface area contributed by atoms with Crippen LogP contribution in [0.4, 0.5) is 0 Å². The van der Waals surface area contributed by atoms with Gasteiger partial charge in [-0.25, -0.2) is 4.79 Å². The predicted molar refractivity (Wildman–Crippen MR) is 57.6 cm³/mol. The number of carbonyl (C=O) groups is 1. The van der Waals surface area contributed by atoms with Crippen molar-refractivity contribution in [2.45, 2.75) is 0 Å². The molecule has 0 aliphatic rings. The van der Waals surface area contributed by atoms with E-state index in [1.54, 1.807) is 12.1 Å². The fourth-order valence-corrected chi connectivity index (χ4v) is 2.03. The molecule has 0 saturated carbocycles. The number of nitrogens with zero attached hydrogens (tertiary/aromatic N) is 1. The summed E-state index contributed by atoms with van der Waals surface area (Å²) in [5.74, 6) is -0.909. The number of aryl methyl sites for hydroxylation is 1. The fraction of sp³-hybridized carbons (Fsp3) is 0.100. The van der Waals surface area contributed by atoms with E-state index in [1.807, 2.05) is 23.9 Å². The van der Waals surface area contributed by atoms with Gasteiger partial charge in [-0.3, -0.25) is 0 Å². The van der Waals surface area contributed by atoms with E-state index in [2.05, 4.69) is 15.9 Å². The number of hydrogen-bond donors (Lipinski definition) is 1. The summed E-state index contributed by atoms with van der Waals surface area (Å²) in [7, 11) is 1.89. The minimum absolute atomic E-state index is 0.297. The van der Waals surface area contributed by atoms with Gasteiger partial charge in [0.1, 0.15) is 0 Å². The summed E-state index contributed by atoms with van der Waals surface area (Å²) in [5.41, 5.74) is 1.21. The van der Waals surface area contributed by atoms with Crippen LogP contribution < -0.4 is 0 Å². The van der Waals surface area contributed by atoms with Crippen LogP contribution in [0, 0.1) is 0 Å². The van der Waals surface area contributed by atoms with Gasteiger partial charge in [-0.05, 0) is 18.2 Å². The molecule has 1 N–H and O–H groups in total. The summed E-state index contributed by atoms with van der Waals surface area (Å²) in [6.07, 6.45) is 1.90. The Morgan fingerprint density at radius 3 is 2.86 bits per heavy atom. The molecular formula is C10H8BrNO2. The second kappa shape index (κ2) is 3.13. The molecule has 0 saturated heterocycles. The molecule has 1 aromatic carbocycles.